The predicted octanol–water partition coefficient (Wildman–Crippen LogP) is 1.16. The summed E-state index contributed by atoms with van der Waals surface area (Å²) in [5, 5.41) is 17.7. The lowest BCUT2D eigenvalue weighted by Crippen LogP contribution is -2.31. The number of amides is 1. The average molecular weight is 219 g/mol. The Kier molecular flexibility index (Phi) is 4.28. The molecule has 0 bridgehead atoms. The highest BCUT2D eigenvalue weighted by molar-refractivity contribution is 5.94. The molecule has 1 N–H and O–H groups in total. The van der Waals surface area contributed by atoms with Crippen LogP contribution in [-0.4, -0.2) is 34.0 Å². The molecule has 0 fully saturated rings. The number of pyridine rings is 1. The number of aromatic hydroxyl groups is 1. The van der Waals surface area contributed by atoms with Gasteiger partial charge in [0.05, 0.1) is 24.3 Å². The van der Waals surface area contributed by atoms with Crippen LogP contribution in [0.2, 0.25) is 0 Å². The second-order valence-corrected chi connectivity index (χ2v) is 3.22. The van der Waals surface area contributed by atoms with Gasteiger partial charge in [0.25, 0.3) is 5.91 Å². The van der Waals surface area contributed by atoms with Crippen molar-refractivity contribution in [3.8, 4) is 11.8 Å². The van der Waals surface area contributed by atoms with Crippen molar-refractivity contribution in [2.75, 3.05) is 13.1 Å². The van der Waals surface area contributed by atoms with Gasteiger partial charge < -0.3 is 10.0 Å². The molecular weight excluding hydrogens is 206 g/mol. The van der Waals surface area contributed by atoms with Crippen LogP contribution in [0.5, 0.6) is 5.75 Å². The highest BCUT2D eigenvalue weighted by Crippen LogP contribution is 2.11. The fourth-order valence-corrected chi connectivity index (χ4v) is 1.32. The van der Waals surface area contributed by atoms with Gasteiger partial charge in [-0.3, -0.25) is 9.78 Å². The lowest BCUT2D eigenvalue weighted by molar-refractivity contribution is 0.0767. The van der Waals surface area contributed by atoms with E-state index in [1.165, 1.54) is 18.5 Å². The molecule has 1 aromatic rings. The molecule has 0 atom stereocenters. The van der Waals surface area contributed by atoms with Gasteiger partial charge in [0.15, 0.2) is 0 Å². The first-order valence-electron chi connectivity index (χ1n) is 4.99. The van der Waals surface area contributed by atoms with Crippen molar-refractivity contribution >= 4 is 5.91 Å². The van der Waals surface area contributed by atoms with Gasteiger partial charge in [-0.05, 0) is 13.0 Å². The highest BCUT2D eigenvalue weighted by atomic mass is 16.3. The number of carbonyl (C=O) groups excluding carboxylic acids is 1. The Morgan fingerprint density at radius 1 is 1.62 bits per heavy atom. The first-order chi connectivity index (χ1) is 7.69. The van der Waals surface area contributed by atoms with Gasteiger partial charge in [0.1, 0.15) is 5.75 Å². The van der Waals surface area contributed by atoms with Crippen LogP contribution in [-0.2, 0) is 0 Å². The number of hydrogen-bond acceptors (Lipinski definition) is 4. The van der Waals surface area contributed by atoms with Crippen LogP contribution < -0.4 is 0 Å². The Balaban J connectivity index is 2.79. The third-order valence-corrected chi connectivity index (χ3v) is 2.13. The molecule has 1 amide bonds. The summed E-state index contributed by atoms with van der Waals surface area (Å²) in [5.41, 5.74) is 0.333. The fraction of sp³-hybridized carbons (Fsp3) is 0.364. The van der Waals surface area contributed by atoms with E-state index in [0.717, 1.165) is 0 Å². The summed E-state index contributed by atoms with van der Waals surface area (Å²) in [6, 6.07) is 3.36. The Hall–Kier alpha value is -2.09. The third-order valence-electron chi connectivity index (χ3n) is 2.13. The van der Waals surface area contributed by atoms with Gasteiger partial charge in [0.2, 0.25) is 0 Å². The maximum atomic E-state index is 11.9. The van der Waals surface area contributed by atoms with Crippen molar-refractivity contribution in [1.82, 2.24) is 9.88 Å². The number of rotatable bonds is 4. The summed E-state index contributed by atoms with van der Waals surface area (Å²) in [4.78, 5) is 17.2. The third kappa shape index (κ3) is 2.95. The van der Waals surface area contributed by atoms with Crippen molar-refractivity contribution in [2.24, 2.45) is 0 Å². The molecule has 84 valence electrons. The van der Waals surface area contributed by atoms with Crippen molar-refractivity contribution in [3.05, 3.63) is 24.0 Å². The van der Waals surface area contributed by atoms with Crippen LogP contribution in [0.4, 0.5) is 0 Å². The SMILES string of the molecule is CCN(CCC#N)C(=O)c1cncc(O)c1. The zero-order valence-electron chi connectivity index (χ0n) is 9.05. The van der Waals surface area contributed by atoms with Crippen molar-refractivity contribution < 1.29 is 9.90 Å². The van der Waals surface area contributed by atoms with E-state index in [-0.39, 0.29) is 11.7 Å². The molecule has 1 rings (SSSR count). The fourth-order valence-electron chi connectivity index (χ4n) is 1.32. The van der Waals surface area contributed by atoms with Crippen LogP contribution >= 0.6 is 0 Å². The summed E-state index contributed by atoms with van der Waals surface area (Å²) in [6.45, 7) is 2.75. The Bertz CT molecular complexity index is 412. The molecule has 1 heterocycles. The Morgan fingerprint density at radius 2 is 2.38 bits per heavy atom. The summed E-state index contributed by atoms with van der Waals surface area (Å²) >= 11 is 0. The molecule has 5 heteroatoms. The summed E-state index contributed by atoms with van der Waals surface area (Å²) in [7, 11) is 0. The van der Waals surface area contributed by atoms with Gasteiger partial charge in [-0.1, -0.05) is 0 Å². The molecule has 0 saturated heterocycles. The van der Waals surface area contributed by atoms with E-state index in [0.29, 0.717) is 25.1 Å². The van der Waals surface area contributed by atoms with E-state index in [4.69, 9.17) is 5.26 Å². The number of nitrogens with zero attached hydrogens (tertiary/aromatic N) is 3. The van der Waals surface area contributed by atoms with Crippen LogP contribution in [0.1, 0.15) is 23.7 Å². The predicted molar refractivity (Wildman–Crippen MR) is 57.7 cm³/mol. The number of carbonyl (C=O) groups is 1. The number of aromatic nitrogens is 1. The van der Waals surface area contributed by atoms with E-state index in [1.54, 1.807) is 4.90 Å². The van der Waals surface area contributed by atoms with Crippen LogP contribution in [0.25, 0.3) is 0 Å². The molecule has 0 spiro atoms. The Labute approximate surface area is 93.9 Å². The minimum Gasteiger partial charge on any atom is -0.506 e. The topological polar surface area (TPSA) is 77.2 Å². The Morgan fingerprint density at radius 3 is 2.94 bits per heavy atom. The van der Waals surface area contributed by atoms with Crippen LogP contribution in [0.3, 0.4) is 0 Å². The molecule has 16 heavy (non-hydrogen) atoms. The van der Waals surface area contributed by atoms with Crippen molar-refractivity contribution in [3.63, 3.8) is 0 Å². The molecule has 5 nitrogen and oxygen atoms in total. The largest absolute Gasteiger partial charge is 0.506 e. The van der Waals surface area contributed by atoms with E-state index in [9.17, 15) is 9.90 Å². The molecule has 0 unspecified atom stereocenters. The molecule has 1 aromatic heterocycles. The van der Waals surface area contributed by atoms with Gasteiger partial charge >= 0.3 is 0 Å². The highest BCUT2D eigenvalue weighted by Gasteiger charge is 2.14. The second kappa shape index (κ2) is 5.71. The first-order valence-corrected chi connectivity index (χ1v) is 4.99. The zero-order chi connectivity index (χ0) is 12.0. The van der Waals surface area contributed by atoms with Gasteiger partial charge in [-0.2, -0.15) is 5.26 Å². The average Bonchev–Trinajstić information content (AvgIpc) is 2.29. The molecule has 0 saturated carbocycles. The number of nitriles is 1. The molecule has 0 aliphatic rings. The van der Waals surface area contributed by atoms with Crippen molar-refractivity contribution in [1.29, 1.82) is 5.26 Å². The standard InChI is InChI=1S/C11H13N3O2/c1-2-14(5-3-4-12)11(16)9-6-10(15)8-13-7-9/h6-8,15H,2-3,5H2,1H3. The second-order valence-electron chi connectivity index (χ2n) is 3.22. The molecule has 0 aliphatic heterocycles. The van der Waals surface area contributed by atoms with Crippen molar-refractivity contribution in [2.45, 2.75) is 13.3 Å². The smallest absolute Gasteiger partial charge is 0.255 e. The molecule has 0 aromatic carbocycles. The maximum absolute atomic E-state index is 11.9. The van der Waals surface area contributed by atoms with Gasteiger partial charge in [-0.25, -0.2) is 0 Å². The quantitative estimate of drug-likeness (QED) is 0.824. The van der Waals surface area contributed by atoms with Crippen LogP contribution in [0.15, 0.2) is 18.5 Å². The zero-order valence-corrected chi connectivity index (χ0v) is 9.05. The molecule has 0 aliphatic carbocycles. The van der Waals surface area contributed by atoms with E-state index < -0.39 is 0 Å². The molecule has 0 radical (unpaired) electrons. The first kappa shape index (κ1) is 12.0. The summed E-state index contributed by atoms with van der Waals surface area (Å²) in [5.74, 6) is -0.261. The minimum absolute atomic E-state index is 0.0396. The van der Waals surface area contributed by atoms with E-state index >= 15 is 0 Å². The van der Waals surface area contributed by atoms with Crippen LogP contribution in [0, 0.1) is 11.3 Å². The minimum atomic E-state index is -0.221. The van der Waals surface area contributed by atoms with E-state index in [1.807, 2.05) is 13.0 Å². The lowest BCUT2D eigenvalue weighted by atomic mass is 10.2. The number of hydrogen-bond donors (Lipinski definition) is 1. The maximum Gasteiger partial charge on any atom is 0.255 e. The van der Waals surface area contributed by atoms with E-state index in [2.05, 4.69) is 4.98 Å². The summed E-state index contributed by atoms with van der Waals surface area (Å²) in [6.07, 6.45) is 2.96. The van der Waals surface area contributed by atoms with Gasteiger partial charge in [-0.15, -0.1) is 0 Å². The lowest BCUT2D eigenvalue weighted by Gasteiger charge is -2.19. The van der Waals surface area contributed by atoms with Gasteiger partial charge in [0, 0.05) is 19.3 Å². The summed E-state index contributed by atoms with van der Waals surface area (Å²) < 4.78 is 0. The monoisotopic (exact) mass is 219 g/mol. The molecular formula is C11H13N3O2. The normalized spacial score (nSPS) is 9.50.